The van der Waals surface area contributed by atoms with Crippen LogP contribution in [-0.2, 0) is 9.53 Å². The summed E-state index contributed by atoms with van der Waals surface area (Å²) in [5.41, 5.74) is 0. The molecule has 5 N–H and O–H groups in total. The van der Waals surface area contributed by atoms with Crippen molar-refractivity contribution in [1.82, 2.24) is 0 Å². The average molecular weight is 453 g/mol. The third-order valence-corrected chi connectivity index (χ3v) is 4.40. The first-order valence-electron chi connectivity index (χ1n) is 11.2. The van der Waals surface area contributed by atoms with Crippen LogP contribution in [0.1, 0.15) is 51.9 Å². The number of allylic oxidation sites excluding steroid dienone is 7. The minimum Gasteiger partial charge on any atom is -0.463 e. The van der Waals surface area contributed by atoms with Crippen LogP contribution in [0, 0.1) is 0 Å². The van der Waals surface area contributed by atoms with E-state index in [1.165, 1.54) is 6.08 Å². The van der Waals surface area contributed by atoms with Crippen molar-refractivity contribution in [2.75, 3.05) is 13.2 Å². The third kappa shape index (κ3) is 18.7. The molecule has 0 aromatic carbocycles. The Morgan fingerprint density at radius 2 is 1.53 bits per heavy atom. The van der Waals surface area contributed by atoms with Crippen molar-refractivity contribution < 1.29 is 35.1 Å². The Kier molecular flexibility index (Phi) is 19.5. The van der Waals surface area contributed by atoms with E-state index in [0.29, 0.717) is 19.3 Å². The fourth-order valence-electron chi connectivity index (χ4n) is 2.51. The largest absolute Gasteiger partial charge is 0.463 e. The van der Waals surface area contributed by atoms with E-state index in [0.717, 1.165) is 19.3 Å². The number of unbranched alkanes of at least 4 members (excludes halogenated alkanes) is 2. The SMILES string of the molecule is CC/C=C\CC(O)C(O)/C=C/C=C\C=C/C=C/C(O)CCCCCC(=O)OCC(O)CO. The first-order chi connectivity index (χ1) is 15.4. The van der Waals surface area contributed by atoms with Crippen LogP contribution in [0.2, 0.25) is 0 Å². The standard InChI is InChI=1S/C25H40O7/c1-2-3-9-16-23(29)24(30)17-12-7-5-4-6-10-14-21(27)15-11-8-13-18-25(31)32-20-22(28)19-26/h3-7,9-10,12,14,17,21-24,26-30H,2,8,11,13,15-16,18-20H2,1H3/b6-4-,7-5-,9-3-,14-10+,17-12+. The predicted molar refractivity (Wildman–Crippen MR) is 126 cm³/mol. The molecular weight excluding hydrogens is 412 g/mol. The number of rotatable bonds is 18. The lowest BCUT2D eigenvalue weighted by molar-refractivity contribution is -0.147. The minimum atomic E-state index is -1.04. The number of carbonyl (C=O) groups excluding carboxylic acids is 1. The molecule has 0 saturated heterocycles. The van der Waals surface area contributed by atoms with Crippen LogP contribution in [0.4, 0.5) is 0 Å². The molecule has 4 atom stereocenters. The second-order valence-electron chi connectivity index (χ2n) is 7.40. The highest BCUT2D eigenvalue weighted by Gasteiger charge is 2.10. The molecule has 0 radical (unpaired) electrons. The van der Waals surface area contributed by atoms with Gasteiger partial charge in [-0.3, -0.25) is 4.79 Å². The van der Waals surface area contributed by atoms with Crippen molar-refractivity contribution >= 4 is 5.97 Å². The molecule has 7 heteroatoms. The first-order valence-corrected chi connectivity index (χ1v) is 11.2. The fraction of sp³-hybridized carbons (Fsp3) is 0.560. The third-order valence-electron chi connectivity index (χ3n) is 4.40. The second-order valence-corrected chi connectivity index (χ2v) is 7.40. The highest BCUT2D eigenvalue weighted by atomic mass is 16.5. The van der Waals surface area contributed by atoms with E-state index in [-0.39, 0.29) is 13.0 Å². The normalized spacial score (nSPS) is 16.6. The molecule has 0 aromatic rings. The number of esters is 1. The van der Waals surface area contributed by atoms with Gasteiger partial charge in [-0.25, -0.2) is 0 Å². The summed E-state index contributed by atoms with van der Waals surface area (Å²) in [6.07, 6.45) is 18.6. The highest BCUT2D eigenvalue weighted by Crippen LogP contribution is 2.08. The fourth-order valence-corrected chi connectivity index (χ4v) is 2.51. The van der Waals surface area contributed by atoms with E-state index >= 15 is 0 Å². The van der Waals surface area contributed by atoms with Crippen molar-refractivity contribution in [3.05, 3.63) is 60.8 Å². The maximum Gasteiger partial charge on any atom is 0.305 e. The van der Waals surface area contributed by atoms with E-state index < -0.39 is 37.0 Å². The summed E-state index contributed by atoms with van der Waals surface area (Å²) in [5, 5.41) is 47.2. The van der Waals surface area contributed by atoms with Crippen LogP contribution >= 0.6 is 0 Å². The zero-order valence-corrected chi connectivity index (χ0v) is 19.0. The molecule has 4 unspecified atom stereocenters. The molecule has 0 amide bonds. The summed E-state index contributed by atoms with van der Waals surface area (Å²) in [5.74, 6) is -0.402. The number of aliphatic hydroxyl groups is 5. The summed E-state index contributed by atoms with van der Waals surface area (Å²) in [7, 11) is 0. The van der Waals surface area contributed by atoms with Gasteiger partial charge < -0.3 is 30.3 Å². The summed E-state index contributed by atoms with van der Waals surface area (Å²) >= 11 is 0. The molecule has 0 heterocycles. The lowest BCUT2D eigenvalue weighted by Gasteiger charge is -2.11. The molecular formula is C25H40O7. The number of aliphatic hydroxyl groups excluding tert-OH is 5. The topological polar surface area (TPSA) is 127 Å². The molecule has 0 aliphatic rings. The molecule has 0 spiro atoms. The number of hydrogen-bond acceptors (Lipinski definition) is 7. The van der Waals surface area contributed by atoms with Crippen LogP contribution in [0.25, 0.3) is 0 Å². The first kappa shape index (κ1) is 30.0. The highest BCUT2D eigenvalue weighted by molar-refractivity contribution is 5.69. The molecule has 0 fully saturated rings. The van der Waals surface area contributed by atoms with Gasteiger partial charge in [0, 0.05) is 6.42 Å². The maximum absolute atomic E-state index is 11.4. The Bertz CT molecular complexity index is 607. The zero-order chi connectivity index (χ0) is 24.0. The van der Waals surface area contributed by atoms with Gasteiger partial charge in [0.1, 0.15) is 12.7 Å². The number of carbonyl (C=O) groups is 1. The van der Waals surface area contributed by atoms with Gasteiger partial charge in [-0.05, 0) is 25.7 Å². The van der Waals surface area contributed by atoms with Gasteiger partial charge in [-0.15, -0.1) is 0 Å². The lowest BCUT2D eigenvalue weighted by Crippen LogP contribution is -2.22. The van der Waals surface area contributed by atoms with Crippen molar-refractivity contribution in [1.29, 1.82) is 0 Å². The number of hydrogen-bond donors (Lipinski definition) is 5. The Morgan fingerprint density at radius 1 is 0.875 bits per heavy atom. The van der Waals surface area contributed by atoms with Crippen molar-refractivity contribution in [2.45, 2.75) is 76.3 Å². The van der Waals surface area contributed by atoms with Crippen LogP contribution in [-0.4, -0.2) is 69.1 Å². The smallest absolute Gasteiger partial charge is 0.305 e. The van der Waals surface area contributed by atoms with Gasteiger partial charge in [0.15, 0.2) is 0 Å². The van der Waals surface area contributed by atoms with E-state index in [1.54, 1.807) is 42.5 Å². The van der Waals surface area contributed by atoms with E-state index in [9.17, 15) is 20.1 Å². The van der Waals surface area contributed by atoms with Gasteiger partial charge in [0.25, 0.3) is 0 Å². The molecule has 0 bridgehead atoms. The van der Waals surface area contributed by atoms with Gasteiger partial charge in [0.2, 0.25) is 0 Å². The summed E-state index contributed by atoms with van der Waals surface area (Å²) in [6.45, 7) is 1.38. The molecule has 0 aromatic heterocycles. The summed E-state index contributed by atoms with van der Waals surface area (Å²) in [4.78, 5) is 11.4. The van der Waals surface area contributed by atoms with Crippen molar-refractivity contribution in [2.24, 2.45) is 0 Å². The summed E-state index contributed by atoms with van der Waals surface area (Å²) < 4.78 is 4.81. The van der Waals surface area contributed by atoms with Crippen molar-refractivity contribution in [3.63, 3.8) is 0 Å². The van der Waals surface area contributed by atoms with Crippen LogP contribution in [0.15, 0.2) is 60.8 Å². The maximum atomic E-state index is 11.4. The quantitative estimate of drug-likeness (QED) is 0.0936. The van der Waals surface area contributed by atoms with Gasteiger partial charge >= 0.3 is 5.97 Å². The molecule has 0 rings (SSSR count). The number of ether oxygens (including phenoxy) is 1. The average Bonchev–Trinajstić information content (AvgIpc) is 2.78. The molecule has 182 valence electrons. The minimum absolute atomic E-state index is 0.195. The Labute approximate surface area is 191 Å². The predicted octanol–water partition coefficient (Wildman–Crippen LogP) is 2.50. The molecule has 0 aliphatic heterocycles. The summed E-state index contributed by atoms with van der Waals surface area (Å²) in [6, 6.07) is 0. The van der Waals surface area contributed by atoms with Crippen LogP contribution in [0.3, 0.4) is 0 Å². The molecule has 0 aliphatic carbocycles. The monoisotopic (exact) mass is 452 g/mol. The van der Waals surface area contributed by atoms with Crippen LogP contribution < -0.4 is 0 Å². The second kappa shape index (κ2) is 20.8. The lowest BCUT2D eigenvalue weighted by atomic mass is 10.1. The molecule has 32 heavy (non-hydrogen) atoms. The van der Waals surface area contributed by atoms with Gasteiger partial charge in [0.05, 0.1) is 24.9 Å². The molecule has 7 nitrogen and oxygen atoms in total. The molecule has 0 saturated carbocycles. The zero-order valence-electron chi connectivity index (χ0n) is 19.0. The van der Waals surface area contributed by atoms with Gasteiger partial charge in [-0.2, -0.15) is 0 Å². The van der Waals surface area contributed by atoms with Gasteiger partial charge in [-0.1, -0.05) is 80.5 Å². The van der Waals surface area contributed by atoms with Crippen molar-refractivity contribution in [3.8, 4) is 0 Å². The Morgan fingerprint density at radius 3 is 2.19 bits per heavy atom. The Hall–Kier alpha value is -2.03. The van der Waals surface area contributed by atoms with E-state index in [1.807, 2.05) is 19.1 Å². The van der Waals surface area contributed by atoms with Crippen LogP contribution in [0.5, 0.6) is 0 Å². The van der Waals surface area contributed by atoms with E-state index in [4.69, 9.17) is 14.9 Å². The van der Waals surface area contributed by atoms with E-state index in [2.05, 4.69) is 0 Å². The Balaban J connectivity index is 3.90.